The first-order chi connectivity index (χ1) is 17.9. The van der Waals surface area contributed by atoms with Crippen molar-refractivity contribution in [2.24, 2.45) is 0 Å². The quantitative estimate of drug-likeness (QED) is 0.463. The third-order valence-electron chi connectivity index (χ3n) is 7.58. The second kappa shape index (κ2) is 9.77. The van der Waals surface area contributed by atoms with Crippen LogP contribution < -0.4 is 14.4 Å². The van der Waals surface area contributed by atoms with Crippen LogP contribution >= 0.6 is 0 Å². The van der Waals surface area contributed by atoms with E-state index in [2.05, 4.69) is 44.3 Å². The van der Waals surface area contributed by atoms with E-state index in [0.717, 1.165) is 36.0 Å². The van der Waals surface area contributed by atoms with Crippen LogP contribution in [0.15, 0.2) is 65.6 Å². The highest BCUT2D eigenvalue weighted by atomic mass is 32.2. The van der Waals surface area contributed by atoms with Crippen molar-refractivity contribution >= 4 is 21.6 Å². The van der Waals surface area contributed by atoms with Crippen LogP contribution in [0.2, 0.25) is 0 Å². The van der Waals surface area contributed by atoms with Crippen molar-refractivity contribution in [1.29, 1.82) is 0 Å². The zero-order valence-electron chi connectivity index (χ0n) is 22.7. The first-order valence-electron chi connectivity index (χ1n) is 13.3. The fourth-order valence-electron chi connectivity index (χ4n) is 5.17. The lowest BCUT2D eigenvalue weighted by Crippen LogP contribution is -2.51. The molecule has 38 heavy (non-hydrogen) atoms. The van der Waals surface area contributed by atoms with Gasteiger partial charge in [-0.3, -0.25) is 9.10 Å². The van der Waals surface area contributed by atoms with Gasteiger partial charge in [0.25, 0.3) is 15.9 Å². The third-order valence-corrected chi connectivity index (χ3v) is 9.37. The van der Waals surface area contributed by atoms with E-state index in [-0.39, 0.29) is 28.8 Å². The molecular weight excluding hydrogens is 496 g/mol. The fourth-order valence-corrected chi connectivity index (χ4v) is 6.64. The van der Waals surface area contributed by atoms with E-state index in [1.54, 1.807) is 30.3 Å². The Morgan fingerprint density at radius 3 is 2.42 bits per heavy atom. The van der Waals surface area contributed by atoms with E-state index >= 15 is 0 Å². The van der Waals surface area contributed by atoms with Crippen LogP contribution in [-0.2, 0) is 33.1 Å². The molecule has 5 rings (SSSR count). The molecule has 1 heterocycles. The molecule has 0 fully saturated rings. The molecule has 6 nitrogen and oxygen atoms in total. The molecule has 200 valence electrons. The summed E-state index contributed by atoms with van der Waals surface area (Å²) in [6.07, 6.45) is 2.35. The molecule has 1 N–H and O–H groups in total. The first-order valence-corrected chi connectivity index (χ1v) is 14.7. The fraction of sp³-hybridized carbons (Fsp3) is 0.387. The van der Waals surface area contributed by atoms with Gasteiger partial charge in [-0.25, -0.2) is 8.42 Å². The maximum absolute atomic E-state index is 13.9. The molecular formula is C31H36N2O4S. The van der Waals surface area contributed by atoms with Gasteiger partial charge in [0, 0.05) is 0 Å². The highest BCUT2D eigenvalue weighted by Gasteiger charge is 2.38. The maximum atomic E-state index is 13.9. The Bertz CT molecular complexity index is 1470. The lowest BCUT2D eigenvalue weighted by atomic mass is 9.86. The number of aryl methyl sites for hydroxylation is 3. The lowest BCUT2D eigenvalue weighted by molar-refractivity contribution is -0.128. The summed E-state index contributed by atoms with van der Waals surface area (Å²) >= 11 is 0. The van der Waals surface area contributed by atoms with E-state index in [9.17, 15) is 13.2 Å². The van der Waals surface area contributed by atoms with E-state index in [1.165, 1.54) is 15.4 Å². The monoisotopic (exact) mass is 532 g/mol. The number of fused-ring (bicyclic) bond motifs is 2. The minimum atomic E-state index is -3.94. The molecule has 7 heteroatoms. The maximum Gasteiger partial charge on any atom is 0.264 e. The summed E-state index contributed by atoms with van der Waals surface area (Å²) in [6.45, 7) is 9.98. The van der Waals surface area contributed by atoms with Crippen LogP contribution in [0.3, 0.4) is 0 Å². The highest BCUT2D eigenvalue weighted by molar-refractivity contribution is 7.92. The molecule has 0 unspecified atom stereocenters. The Morgan fingerprint density at radius 1 is 1.00 bits per heavy atom. The van der Waals surface area contributed by atoms with Crippen LogP contribution in [0.1, 0.15) is 68.0 Å². The molecule has 1 amide bonds. The van der Waals surface area contributed by atoms with Crippen molar-refractivity contribution < 1.29 is 17.9 Å². The summed E-state index contributed by atoms with van der Waals surface area (Å²) in [5.74, 6) is 0.0397. The van der Waals surface area contributed by atoms with Gasteiger partial charge in [0.2, 0.25) is 0 Å². The van der Waals surface area contributed by atoms with Crippen molar-refractivity contribution in [1.82, 2.24) is 5.32 Å². The minimum absolute atomic E-state index is 0.112. The van der Waals surface area contributed by atoms with Gasteiger partial charge in [0.1, 0.15) is 5.75 Å². The van der Waals surface area contributed by atoms with Crippen LogP contribution in [0.25, 0.3) is 0 Å². The molecule has 3 aromatic rings. The molecule has 1 aliphatic heterocycles. The molecule has 0 aromatic heterocycles. The number of amides is 1. The number of nitrogens with one attached hydrogen (secondary N) is 1. The Balaban J connectivity index is 1.46. The Hall–Kier alpha value is -3.32. The number of carbonyl (C=O) groups excluding carboxylic acids is 1. The van der Waals surface area contributed by atoms with Crippen molar-refractivity contribution in [3.8, 4) is 5.75 Å². The van der Waals surface area contributed by atoms with Gasteiger partial charge >= 0.3 is 0 Å². The van der Waals surface area contributed by atoms with E-state index in [1.807, 2.05) is 26.0 Å². The smallest absolute Gasteiger partial charge is 0.264 e. The minimum Gasteiger partial charge on any atom is -0.476 e. The summed E-state index contributed by atoms with van der Waals surface area (Å²) in [4.78, 5) is 13.6. The zero-order chi connectivity index (χ0) is 27.2. The second-order valence-electron chi connectivity index (χ2n) is 11.5. The number of hydrogen-bond donors (Lipinski definition) is 1. The van der Waals surface area contributed by atoms with Gasteiger partial charge in [-0.05, 0) is 85.0 Å². The molecule has 0 bridgehead atoms. The molecule has 0 saturated carbocycles. The molecule has 0 spiro atoms. The predicted molar refractivity (Wildman–Crippen MR) is 150 cm³/mol. The number of rotatable bonds is 5. The summed E-state index contributed by atoms with van der Waals surface area (Å²) in [6, 6.07) is 18.5. The van der Waals surface area contributed by atoms with Crippen molar-refractivity contribution in [3.05, 3.63) is 88.5 Å². The molecule has 1 aliphatic carbocycles. The van der Waals surface area contributed by atoms with Crippen molar-refractivity contribution in [2.75, 3.05) is 10.8 Å². The Morgan fingerprint density at radius 2 is 1.71 bits per heavy atom. The number of nitrogens with zero attached hydrogens (tertiary/aromatic N) is 1. The first kappa shape index (κ1) is 26.3. The number of benzene rings is 3. The Labute approximate surface area is 226 Å². The number of ether oxygens (including phenoxy) is 1. The molecule has 0 radical (unpaired) electrons. The van der Waals surface area contributed by atoms with Crippen molar-refractivity contribution in [3.63, 3.8) is 0 Å². The van der Waals surface area contributed by atoms with Crippen LogP contribution in [0.4, 0.5) is 5.69 Å². The van der Waals surface area contributed by atoms with Gasteiger partial charge < -0.3 is 10.1 Å². The zero-order valence-corrected chi connectivity index (χ0v) is 23.6. The SMILES string of the molecule is Cc1ccc(S(=O)(=O)N2C[C@@H](C(=O)N[C@H](C)c3ccc4c(c3)CCC4)Oc3ccc(C(C)(C)C)cc32)cc1. The van der Waals surface area contributed by atoms with E-state index < -0.39 is 16.1 Å². The topological polar surface area (TPSA) is 75.7 Å². The number of anilines is 1. The molecule has 2 atom stereocenters. The highest BCUT2D eigenvalue weighted by Crippen LogP contribution is 2.40. The van der Waals surface area contributed by atoms with Gasteiger partial charge in [-0.1, -0.05) is 62.7 Å². The van der Waals surface area contributed by atoms with E-state index in [0.29, 0.717) is 11.4 Å². The number of carbonyl (C=O) groups is 1. The van der Waals surface area contributed by atoms with Crippen LogP contribution in [0.5, 0.6) is 5.75 Å². The Kier molecular flexibility index (Phi) is 6.76. The number of sulfonamides is 1. The van der Waals surface area contributed by atoms with Gasteiger partial charge in [0.15, 0.2) is 6.10 Å². The van der Waals surface area contributed by atoms with Gasteiger partial charge in [-0.15, -0.1) is 0 Å². The van der Waals surface area contributed by atoms with Crippen molar-refractivity contribution in [2.45, 2.75) is 76.3 Å². The molecule has 0 saturated heterocycles. The van der Waals surface area contributed by atoms with Crippen LogP contribution in [0, 0.1) is 6.92 Å². The predicted octanol–water partition coefficient (Wildman–Crippen LogP) is 5.61. The lowest BCUT2D eigenvalue weighted by Gasteiger charge is -2.36. The average molecular weight is 533 g/mol. The number of hydrogen-bond acceptors (Lipinski definition) is 4. The van der Waals surface area contributed by atoms with Gasteiger partial charge in [0.05, 0.1) is 23.2 Å². The molecule has 3 aromatic carbocycles. The molecule has 2 aliphatic rings. The van der Waals surface area contributed by atoms with E-state index in [4.69, 9.17) is 4.74 Å². The third kappa shape index (κ3) is 5.04. The summed E-state index contributed by atoms with van der Waals surface area (Å²) in [7, 11) is -3.94. The summed E-state index contributed by atoms with van der Waals surface area (Å²) in [5.41, 5.74) is 5.98. The summed E-state index contributed by atoms with van der Waals surface area (Å²) < 4.78 is 35.2. The summed E-state index contributed by atoms with van der Waals surface area (Å²) in [5, 5.41) is 3.06. The van der Waals surface area contributed by atoms with Crippen LogP contribution in [-0.4, -0.2) is 27.0 Å². The average Bonchev–Trinajstić information content (AvgIpc) is 3.35. The normalized spacial score (nSPS) is 17.8. The van der Waals surface area contributed by atoms with Gasteiger partial charge in [-0.2, -0.15) is 0 Å². The largest absolute Gasteiger partial charge is 0.476 e. The second-order valence-corrected chi connectivity index (χ2v) is 13.4. The standard InChI is InChI=1S/C31H36N2O4S/c1-20-9-14-26(15-10-20)38(35,36)33-19-29(37-28-16-13-25(18-27(28)33)31(3,4)5)30(34)32-21(2)23-12-11-22-7-6-8-24(22)17-23/h9-18,21,29H,6-8,19H2,1-5H3,(H,32,34)/t21-,29+/m1/s1.